The lowest BCUT2D eigenvalue weighted by atomic mass is 10.3. The van der Waals surface area contributed by atoms with E-state index in [-0.39, 0.29) is 18.1 Å². The summed E-state index contributed by atoms with van der Waals surface area (Å²) in [5, 5.41) is 13.7. The molecule has 1 rings (SSSR count). The molecule has 7 heteroatoms. The lowest BCUT2D eigenvalue weighted by Crippen LogP contribution is -2.29. The van der Waals surface area contributed by atoms with Crippen LogP contribution in [0.3, 0.4) is 0 Å². The van der Waals surface area contributed by atoms with Gasteiger partial charge in [-0.1, -0.05) is 0 Å². The fourth-order valence-electron chi connectivity index (χ4n) is 1.09. The van der Waals surface area contributed by atoms with E-state index in [1.165, 1.54) is 12.3 Å². The van der Waals surface area contributed by atoms with Gasteiger partial charge in [0.05, 0.1) is 11.9 Å². The molecule has 1 aromatic rings. The second-order valence-electron chi connectivity index (χ2n) is 3.22. The van der Waals surface area contributed by atoms with Gasteiger partial charge in [-0.2, -0.15) is 0 Å². The van der Waals surface area contributed by atoms with Gasteiger partial charge in [0, 0.05) is 13.1 Å². The van der Waals surface area contributed by atoms with E-state index >= 15 is 0 Å². The maximum absolute atomic E-state index is 11.4. The van der Waals surface area contributed by atoms with E-state index in [4.69, 9.17) is 10.8 Å². The topological polar surface area (TPSA) is 117 Å². The van der Waals surface area contributed by atoms with Crippen molar-refractivity contribution < 1.29 is 14.7 Å². The molecule has 0 spiro atoms. The van der Waals surface area contributed by atoms with Crippen LogP contribution in [0.4, 0.5) is 5.69 Å². The van der Waals surface area contributed by atoms with Gasteiger partial charge in [0.15, 0.2) is 0 Å². The first kappa shape index (κ1) is 12.9. The van der Waals surface area contributed by atoms with Crippen LogP contribution >= 0.6 is 0 Å². The predicted molar refractivity (Wildman–Crippen MR) is 61.8 cm³/mol. The van der Waals surface area contributed by atoms with Crippen LogP contribution in [-0.2, 0) is 4.79 Å². The number of hydrogen-bond donors (Lipinski definition) is 4. The Morgan fingerprint density at radius 3 is 2.71 bits per heavy atom. The first-order chi connectivity index (χ1) is 8.13. The minimum Gasteiger partial charge on any atom is -0.480 e. The van der Waals surface area contributed by atoms with Crippen LogP contribution in [0.25, 0.3) is 0 Å². The van der Waals surface area contributed by atoms with Crippen LogP contribution in [0, 0.1) is 0 Å². The van der Waals surface area contributed by atoms with E-state index in [0.29, 0.717) is 18.8 Å². The molecule has 0 aliphatic rings. The van der Waals surface area contributed by atoms with E-state index in [9.17, 15) is 9.59 Å². The number of carbonyl (C=O) groups is 2. The summed E-state index contributed by atoms with van der Waals surface area (Å²) >= 11 is 0. The van der Waals surface area contributed by atoms with Crippen molar-refractivity contribution in [1.29, 1.82) is 0 Å². The van der Waals surface area contributed by atoms with Gasteiger partial charge < -0.3 is 21.5 Å². The summed E-state index contributed by atoms with van der Waals surface area (Å²) in [5.74, 6) is -1.27. The number of nitrogens with two attached hydrogens (primary N) is 1. The van der Waals surface area contributed by atoms with E-state index < -0.39 is 5.97 Å². The van der Waals surface area contributed by atoms with Crippen LogP contribution in [0.15, 0.2) is 18.3 Å². The number of rotatable bonds is 6. The van der Waals surface area contributed by atoms with Crippen LogP contribution in [0.2, 0.25) is 0 Å². The quantitative estimate of drug-likeness (QED) is 0.519. The molecular weight excluding hydrogens is 224 g/mol. The predicted octanol–water partition coefficient (Wildman–Crippen LogP) is -0.733. The minimum absolute atomic E-state index is 0.194. The van der Waals surface area contributed by atoms with Crippen LogP contribution in [-0.4, -0.2) is 41.6 Å². The number of hydrogen-bond acceptors (Lipinski definition) is 5. The third-order valence-electron chi connectivity index (χ3n) is 1.87. The third kappa shape index (κ3) is 4.47. The molecular formula is C10H14N4O3. The highest BCUT2D eigenvalue weighted by atomic mass is 16.4. The van der Waals surface area contributed by atoms with Gasteiger partial charge >= 0.3 is 5.97 Å². The number of carbonyl (C=O) groups excluding carboxylic acids is 1. The number of carboxylic acids is 1. The second-order valence-corrected chi connectivity index (χ2v) is 3.22. The lowest BCUT2D eigenvalue weighted by molar-refractivity contribution is -0.134. The fraction of sp³-hybridized carbons (Fsp3) is 0.300. The number of amides is 1. The van der Waals surface area contributed by atoms with Gasteiger partial charge in [-0.15, -0.1) is 0 Å². The Bertz CT molecular complexity index is 391. The van der Waals surface area contributed by atoms with Gasteiger partial charge in [-0.3, -0.25) is 9.59 Å². The normalized spacial score (nSPS) is 9.71. The molecule has 0 atom stereocenters. The zero-order valence-electron chi connectivity index (χ0n) is 9.14. The van der Waals surface area contributed by atoms with Crippen LogP contribution in [0.5, 0.6) is 0 Å². The smallest absolute Gasteiger partial charge is 0.322 e. The fourth-order valence-corrected chi connectivity index (χ4v) is 1.09. The monoisotopic (exact) mass is 238 g/mol. The highest BCUT2D eigenvalue weighted by Gasteiger charge is 2.05. The van der Waals surface area contributed by atoms with Crippen molar-refractivity contribution in [2.75, 3.05) is 25.0 Å². The Morgan fingerprint density at radius 1 is 1.41 bits per heavy atom. The first-order valence-corrected chi connectivity index (χ1v) is 5.03. The van der Waals surface area contributed by atoms with Crippen molar-refractivity contribution in [3.8, 4) is 0 Å². The Kier molecular flexibility index (Phi) is 4.89. The highest BCUT2D eigenvalue weighted by Crippen LogP contribution is 2.05. The molecule has 0 radical (unpaired) electrons. The van der Waals surface area contributed by atoms with Gasteiger partial charge in [0.2, 0.25) is 0 Å². The molecule has 0 unspecified atom stereocenters. The number of aromatic nitrogens is 1. The summed E-state index contributed by atoms with van der Waals surface area (Å²) in [7, 11) is 0. The number of carboxylic acid groups (broad SMARTS) is 1. The maximum atomic E-state index is 11.4. The number of aliphatic carboxylic acids is 1. The zero-order valence-corrected chi connectivity index (χ0v) is 9.14. The average Bonchev–Trinajstić information content (AvgIpc) is 2.34. The van der Waals surface area contributed by atoms with E-state index in [0.717, 1.165) is 0 Å². The Labute approximate surface area is 98.0 Å². The molecule has 1 amide bonds. The van der Waals surface area contributed by atoms with Crippen molar-refractivity contribution >= 4 is 17.6 Å². The van der Waals surface area contributed by atoms with Crippen molar-refractivity contribution in [2.45, 2.75) is 0 Å². The molecule has 0 fully saturated rings. The van der Waals surface area contributed by atoms with E-state index in [2.05, 4.69) is 15.6 Å². The number of nitrogens with one attached hydrogen (secondary N) is 2. The molecule has 0 bridgehead atoms. The zero-order chi connectivity index (χ0) is 12.7. The van der Waals surface area contributed by atoms with Gasteiger partial charge in [-0.25, -0.2) is 4.98 Å². The number of pyridine rings is 1. The van der Waals surface area contributed by atoms with Crippen LogP contribution < -0.4 is 16.4 Å². The Morgan fingerprint density at radius 2 is 2.18 bits per heavy atom. The third-order valence-corrected chi connectivity index (χ3v) is 1.87. The van der Waals surface area contributed by atoms with E-state index in [1.54, 1.807) is 6.07 Å². The lowest BCUT2D eigenvalue weighted by Gasteiger charge is -2.05. The first-order valence-electron chi connectivity index (χ1n) is 5.03. The molecule has 92 valence electrons. The summed E-state index contributed by atoms with van der Waals surface area (Å²) in [6.07, 6.45) is 1.40. The molecule has 0 aliphatic heterocycles. The summed E-state index contributed by atoms with van der Waals surface area (Å²) in [4.78, 5) is 25.6. The molecule has 7 nitrogen and oxygen atoms in total. The largest absolute Gasteiger partial charge is 0.480 e. The van der Waals surface area contributed by atoms with Gasteiger partial charge in [0.25, 0.3) is 5.91 Å². The Balaban J connectivity index is 2.55. The summed E-state index contributed by atoms with van der Waals surface area (Å²) in [5.41, 5.74) is 6.05. The Hall–Kier alpha value is -2.15. The second kappa shape index (κ2) is 6.44. The minimum atomic E-state index is -0.963. The summed E-state index contributed by atoms with van der Waals surface area (Å²) in [6, 6.07) is 3.10. The molecule has 17 heavy (non-hydrogen) atoms. The summed E-state index contributed by atoms with van der Waals surface area (Å²) in [6.45, 7) is 0.559. The molecule has 5 N–H and O–H groups in total. The van der Waals surface area contributed by atoms with Gasteiger partial charge in [-0.05, 0) is 12.1 Å². The van der Waals surface area contributed by atoms with E-state index in [1.807, 2.05) is 0 Å². The number of anilines is 1. The van der Waals surface area contributed by atoms with Crippen molar-refractivity contribution in [3.05, 3.63) is 24.0 Å². The molecule has 1 heterocycles. The average molecular weight is 238 g/mol. The SMILES string of the molecule is NCCNC(=O)c1ccc(NCC(=O)O)cn1. The van der Waals surface area contributed by atoms with Gasteiger partial charge in [0.1, 0.15) is 12.2 Å². The maximum Gasteiger partial charge on any atom is 0.322 e. The number of nitrogens with zero attached hydrogens (tertiary/aromatic N) is 1. The molecule has 1 aromatic heterocycles. The molecule has 0 saturated carbocycles. The standard InChI is InChI=1S/C10H14N4O3/c11-3-4-12-10(17)8-2-1-7(5-14-8)13-6-9(15)16/h1-2,5,13H,3-4,6,11H2,(H,12,17)(H,15,16). The van der Waals surface area contributed by atoms with Crippen molar-refractivity contribution in [2.24, 2.45) is 5.73 Å². The van der Waals surface area contributed by atoms with Crippen LogP contribution in [0.1, 0.15) is 10.5 Å². The highest BCUT2D eigenvalue weighted by molar-refractivity contribution is 5.92. The van der Waals surface area contributed by atoms with Crippen molar-refractivity contribution in [1.82, 2.24) is 10.3 Å². The van der Waals surface area contributed by atoms with Crippen molar-refractivity contribution in [3.63, 3.8) is 0 Å². The molecule has 0 aliphatic carbocycles. The molecule has 0 saturated heterocycles. The summed E-state index contributed by atoms with van der Waals surface area (Å²) < 4.78 is 0. The molecule has 0 aromatic carbocycles.